The van der Waals surface area contributed by atoms with Crippen LogP contribution >= 0.6 is 0 Å². The van der Waals surface area contributed by atoms with E-state index in [-0.39, 0.29) is 11.6 Å². The summed E-state index contributed by atoms with van der Waals surface area (Å²) in [5.41, 5.74) is 0. The molecule has 6 nitrogen and oxygen atoms in total. The second-order valence-electron chi connectivity index (χ2n) is 4.41. The van der Waals surface area contributed by atoms with Crippen LogP contribution in [0, 0.1) is 5.92 Å². The van der Waals surface area contributed by atoms with Gasteiger partial charge in [0, 0.05) is 19.6 Å². The maximum atomic E-state index is 11.8. The van der Waals surface area contributed by atoms with Crippen LogP contribution in [0.1, 0.15) is 26.6 Å². The molecule has 1 rings (SSSR count). The summed E-state index contributed by atoms with van der Waals surface area (Å²) in [6, 6.07) is 0. The fourth-order valence-electron chi connectivity index (χ4n) is 1.30. The van der Waals surface area contributed by atoms with E-state index in [1.54, 1.807) is 0 Å². The molecule has 0 atom stereocenters. The Morgan fingerprint density at radius 2 is 2.22 bits per heavy atom. The highest BCUT2D eigenvalue weighted by Gasteiger charge is 2.15. The molecule has 0 bridgehead atoms. The fraction of sp³-hybridized carbons (Fsp3) is 0.727. The minimum absolute atomic E-state index is 0.100. The number of sulfonamides is 1. The Kier molecular flexibility index (Phi) is 5.77. The molecule has 104 valence electrons. The van der Waals surface area contributed by atoms with Crippen LogP contribution in [0.25, 0.3) is 0 Å². The summed E-state index contributed by atoms with van der Waals surface area (Å²) in [5.74, 6) is 1.10. The van der Waals surface area contributed by atoms with Crippen molar-refractivity contribution in [1.82, 2.24) is 14.7 Å². The standard InChI is InChI=1S/C11H21N3O3S/c1-4-10-12-7-11(14-10)18(15,16)13-5-6-17-8-9(2)3/h7,9,13H,4-6,8H2,1-3H3,(H,12,14). The first-order valence-corrected chi connectivity index (χ1v) is 7.55. The molecule has 18 heavy (non-hydrogen) atoms. The van der Waals surface area contributed by atoms with E-state index < -0.39 is 10.0 Å². The lowest BCUT2D eigenvalue weighted by Gasteiger charge is -2.07. The Hall–Kier alpha value is -0.920. The summed E-state index contributed by atoms with van der Waals surface area (Å²) in [6.45, 7) is 7.25. The zero-order valence-corrected chi connectivity index (χ0v) is 11.9. The predicted octanol–water partition coefficient (Wildman–Crippen LogP) is 0.923. The van der Waals surface area contributed by atoms with Gasteiger partial charge in [0.05, 0.1) is 12.8 Å². The van der Waals surface area contributed by atoms with Gasteiger partial charge in [-0.2, -0.15) is 0 Å². The number of hydrogen-bond donors (Lipinski definition) is 2. The molecule has 0 saturated heterocycles. The molecule has 0 radical (unpaired) electrons. The molecule has 1 aromatic heterocycles. The number of aromatic nitrogens is 2. The second-order valence-corrected chi connectivity index (χ2v) is 6.15. The molecule has 0 aliphatic carbocycles. The molecule has 0 aliphatic heterocycles. The largest absolute Gasteiger partial charge is 0.380 e. The zero-order valence-electron chi connectivity index (χ0n) is 11.1. The summed E-state index contributed by atoms with van der Waals surface area (Å²) >= 11 is 0. The highest BCUT2D eigenvalue weighted by Crippen LogP contribution is 2.05. The van der Waals surface area contributed by atoms with E-state index in [0.717, 1.165) is 0 Å². The van der Waals surface area contributed by atoms with E-state index in [0.29, 0.717) is 31.4 Å². The number of aryl methyl sites for hydroxylation is 1. The van der Waals surface area contributed by atoms with E-state index in [4.69, 9.17) is 4.74 Å². The number of aromatic amines is 1. The van der Waals surface area contributed by atoms with Crippen molar-refractivity contribution < 1.29 is 13.2 Å². The van der Waals surface area contributed by atoms with Gasteiger partial charge in [-0.3, -0.25) is 0 Å². The van der Waals surface area contributed by atoms with Gasteiger partial charge in [-0.05, 0) is 5.92 Å². The molecule has 0 fully saturated rings. The van der Waals surface area contributed by atoms with Crippen LogP contribution in [-0.2, 0) is 21.2 Å². The molecular weight excluding hydrogens is 254 g/mol. The number of nitrogens with one attached hydrogen (secondary N) is 2. The third kappa shape index (κ3) is 4.75. The first-order chi connectivity index (χ1) is 8.45. The van der Waals surface area contributed by atoms with Crippen molar-refractivity contribution in [2.24, 2.45) is 5.92 Å². The smallest absolute Gasteiger partial charge is 0.257 e. The van der Waals surface area contributed by atoms with Gasteiger partial charge in [0.2, 0.25) is 0 Å². The second kappa shape index (κ2) is 6.86. The first kappa shape index (κ1) is 15.1. The van der Waals surface area contributed by atoms with Gasteiger partial charge in [-0.1, -0.05) is 20.8 Å². The molecule has 1 heterocycles. The van der Waals surface area contributed by atoms with Crippen molar-refractivity contribution in [2.45, 2.75) is 32.2 Å². The first-order valence-electron chi connectivity index (χ1n) is 6.07. The monoisotopic (exact) mass is 275 g/mol. The van der Waals surface area contributed by atoms with Crippen molar-refractivity contribution in [3.05, 3.63) is 12.0 Å². The maximum Gasteiger partial charge on any atom is 0.257 e. The topological polar surface area (TPSA) is 84.1 Å². The summed E-state index contributed by atoms with van der Waals surface area (Å²) in [7, 11) is -3.50. The van der Waals surface area contributed by atoms with Gasteiger partial charge in [-0.25, -0.2) is 18.1 Å². The molecule has 0 unspecified atom stereocenters. The van der Waals surface area contributed by atoms with E-state index in [2.05, 4.69) is 14.7 Å². The van der Waals surface area contributed by atoms with Gasteiger partial charge >= 0.3 is 0 Å². The van der Waals surface area contributed by atoms with Crippen LogP contribution in [0.15, 0.2) is 11.2 Å². The van der Waals surface area contributed by atoms with Crippen LogP contribution in [0.5, 0.6) is 0 Å². The lowest BCUT2D eigenvalue weighted by Crippen LogP contribution is -2.28. The van der Waals surface area contributed by atoms with Crippen molar-refractivity contribution >= 4 is 10.0 Å². The predicted molar refractivity (Wildman–Crippen MR) is 68.8 cm³/mol. The Morgan fingerprint density at radius 3 is 2.78 bits per heavy atom. The van der Waals surface area contributed by atoms with E-state index in [1.165, 1.54) is 6.20 Å². The number of nitrogens with zero attached hydrogens (tertiary/aromatic N) is 1. The van der Waals surface area contributed by atoms with Crippen LogP contribution in [0.3, 0.4) is 0 Å². The molecule has 0 amide bonds. The SMILES string of the molecule is CCc1ncc(S(=O)(=O)NCCOCC(C)C)[nH]1. The summed E-state index contributed by atoms with van der Waals surface area (Å²) in [6.07, 6.45) is 2.00. The normalized spacial score (nSPS) is 12.2. The molecule has 0 aliphatic rings. The van der Waals surface area contributed by atoms with Gasteiger partial charge in [0.15, 0.2) is 5.03 Å². The molecule has 1 aromatic rings. The number of hydrogen-bond acceptors (Lipinski definition) is 4. The van der Waals surface area contributed by atoms with Crippen LogP contribution in [-0.4, -0.2) is 38.1 Å². The van der Waals surface area contributed by atoms with Gasteiger partial charge in [-0.15, -0.1) is 0 Å². The van der Waals surface area contributed by atoms with E-state index >= 15 is 0 Å². The van der Waals surface area contributed by atoms with E-state index in [1.807, 2.05) is 20.8 Å². The Labute approximate surface area is 108 Å². The molecule has 0 aromatic carbocycles. The zero-order chi connectivity index (χ0) is 13.6. The summed E-state index contributed by atoms with van der Waals surface area (Å²) < 4.78 is 31.4. The average molecular weight is 275 g/mol. The van der Waals surface area contributed by atoms with Crippen LogP contribution in [0.4, 0.5) is 0 Å². The molecule has 0 saturated carbocycles. The van der Waals surface area contributed by atoms with Crippen LogP contribution < -0.4 is 4.72 Å². The highest BCUT2D eigenvalue weighted by molar-refractivity contribution is 7.89. The van der Waals surface area contributed by atoms with Gasteiger partial charge in [0.1, 0.15) is 5.82 Å². The molecule has 2 N–H and O–H groups in total. The van der Waals surface area contributed by atoms with Gasteiger partial charge in [0.25, 0.3) is 10.0 Å². The highest BCUT2D eigenvalue weighted by atomic mass is 32.2. The summed E-state index contributed by atoms with van der Waals surface area (Å²) in [5, 5.41) is 0.100. The minimum atomic E-state index is -3.50. The summed E-state index contributed by atoms with van der Waals surface area (Å²) in [4.78, 5) is 6.72. The van der Waals surface area contributed by atoms with Crippen molar-refractivity contribution in [3.63, 3.8) is 0 Å². The van der Waals surface area contributed by atoms with Crippen molar-refractivity contribution in [1.29, 1.82) is 0 Å². The number of ether oxygens (including phenoxy) is 1. The number of rotatable bonds is 8. The van der Waals surface area contributed by atoms with Crippen molar-refractivity contribution in [2.75, 3.05) is 19.8 Å². The number of H-pyrrole nitrogens is 1. The quantitative estimate of drug-likeness (QED) is 0.691. The van der Waals surface area contributed by atoms with Crippen molar-refractivity contribution in [3.8, 4) is 0 Å². The average Bonchev–Trinajstić information content (AvgIpc) is 2.77. The number of imidazole rings is 1. The molecule has 0 spiro atoms. The Balaban J connectivity index is 2.40. The Morgan fingerprint density at radius 1 is 1.50 bits per heavy atom. The molecular formula is C11H21N3O3S. The lowest BCUT2D eigenvalue weighted by atomic mass is 10.2. The Bertz CT molecular complexity index is 454. The third-order valence-corrected chi connectivity index (χ3v) is 3.59. The molecule has 7 heteroatoms. The van der Waals surface area contributed by atoms with Crippen LogP contribution in [0.2, 0.25) is 0 Å². The van der Waals surface area contributed by atoms with E-state index in [9.17, 15) is 8.42 Å². The third-order valence-electron chi connectivity index (χ3n) is 2.22. The minimum Gasteiger partial charge on any atom is -0.380 e. The van der Waals surface area contributed by atoms with Gasteiger partial charge < -0.3 is 9.72 Å². The maximum absolute atomic E-state index is 11.8. The lowest BCUT2D eigenvalue weighted by molar-refractivity contribution is 0.114. The fourth-order valence-corrected chi connectivity index (χ4v) is 2.26.